The Balaban J connectivity index is 1.87. The monoisotopic (exact) mass is 388 g/mol. The molecule has 3 N–H and O–H groups in total. The van der Waals surface area contributed by atoms with E-state index in [1.165, 1.54) is 25.7 Å². The molecule has 1 heterocycles. The first-order chi connectivity index (χ1) is 13.5. The molecule has 28 heavy (non-hydrogen) atoms. The molecule has 2 unspecified atom stereocenters. The molecule has 0 aromatic heterocycles. The number of urea groups is 1. The fourth-order valence-corrected chi connectivity index (χ4v) is 3.89. The highest BCUT2D eigenvalue weighted by Crippen LogP contribution is 2.21. The number of nitrogens with two attached hydrogens (primary N) is 1. The number of hydrogen-bond donors (Lipinski definition) is 2. The van der Waals surface area contributed by atoms with Crippen molar-refractivity contribution in [1.82, 2.24) is 4.90 Å². The Hall–Kier alpha value is -2.08. The fraction of sp³-hybridized carbons (Fsp3) is 0.636. The van der Waals surface area contributed by atoms with E-state index in [4.69, 9.17) is 10.5 Å². The van der Waals surface area contributed by atoms with Crippen molar-refractivity contribution in [3.05, 3.63) is 24.3 Å². The molecule has 6 heteroatoms. The van der Waals surface area contributed by atoms with E-state index in [2.05, 4.69) is 29.1 Å². The van der Waals surface area contributed by atoms with Gasteiger partial charge in [0.25, 0.3) is 0 Å². The Morgan fingerprint density at radius 3 is 2.93 bits per heavy atom. The topological polar surface area (TPSA) is 80.0 Å². The minimum absolute atomic E-state index is 0.149. The third-order valence-corrected chi connectivity index (χ3v) is 5.60. The van der Waals surface area contributed by atoms with Gasteiger partial charge < -0.3 is 20.7 Å². The molecule has 156 valence electrons. The number of benzene rings is 1. The number of carbonyl (C=O) groups is 1. The van der Waals surface area contributed by atoms with Gasteiger partial charge in [0.2, 0.25) is 0 Å². The molecule has 1 saturated heterocycles. The zero-order valence-corrected chi connectivity index (χ0v) is 17.6. The van der Waals surface area contributed by atoms with Crippen molar-refractivity contribution in [3.63, 3.8) is 0 Å². The zero-order valence-electron chi connectivity index (χ0n) is 17.6. The highest BCUT2D eigenvalue weighted by molar-refractivity contribution is 6.00. The number of amides is 2. The third kappa shape index (κ3) is 7.15. The van der Waals surface area contributed by atoms with E-state index in [1.807, 2.05) is 12.1 Å². The van der Waals surface area contributed by atoms with Crippen molar-refractivity contribution < 1.29 is 9.53 Å². The van der Waals surface area contributed by atoms with Crippen molar-refractivity contribution in [2.24, 2.45) is 22.6 Å². The average molecular weight is 389 g/mol. The first kappa shape index (κ1) is 22.2. The molecule has 1 aromatic carbocycles. The predicted molar refractivity (Wildman–Crippen MR) is 116 cm³/mol. The summed E-state index contributed by atoms with van der Waals surface area (Å²) in [6.45, 7) is 7.66. The number of likely N-dealkylation sites (tertiary alicyclic amines) is 1. The summed E-state index contributed by atoms with van der Waals surface area (Å²) in [6.07, 6.45) is 7.14. The van der Waals surface area contributed by atoms with Crippen LogP contribution in [0.1, 0.15) is 52.4 Å². The molecule has 0 radical (unpaired) electrons. The molecule has 0 spiro atoms. The van der Waals surface area contributed by atoms with E-state index in [0.29, 0.717) is 17.3 Å². The van der Waals surface area contributed by atoms with Gasteiger partial charge in [-0.2, -0.15) is 4.99 Å². The van der Waals surface area contributed by atoms with Crippen molar-refractivity contribution in [2.75, 3.05) is 32.1 Å². The zero-order chi connectivity index (χ0) is 20.4. The van der Waals surface area contributed by atoms with Crippen molar-refractivity contribution >= 4 is 17.6 Å². The number of piperidine rings is 1. The van der Waals surface area contributed by atoms with Gasteiger partial charge in [-0.15, -0.1) is 0 Å². The van der Waals surface area contributed by atoms with Crippen LogP contribution in [0.4, 0.5) is 10.5 Å². The SMILES string of the molecule is CCCC(CC)CCN1CCCC(/C(N)=N/C(=O)Nc2cccc(OC)c2)C1. The summed E-state index contributed by atoms with van der Waals surface area (Å²) in [7, 11) is 1.59. The third-order valence-electron chi connectivity index (χ3n) is 5.60. The molecule has 0 saturated carbocycles. The van der Waals surface area contributed by atoms with Crippen LogP contribution in [0.25, 0.3) is 0 Å². The van der Waals surface area contributed by atoms with Gasteiger partial charge in [0.05, 0.1) is 7.11 Å². The molecule has 2 rings (SSSR count). The van der Waals surface area contributed by atoms with E-state index in [9.17, 15) is 4.79 Å². The lowest BCUT2D eigenvalue weighted by molar-refractivity contribution is 0.188. The second-order valence-corrected chi connectivity index (χ2v) is 7.69. The number of rotatable bonds is 9. The van der Waals surface area contributed by atoms with E-state index < -0.39 is 6.03 Å². The molecule has 0 bridgehead atoms. The van der Waals surface area contributed by atoms with Gasteiger partial charge in [-0.05, 0) is 50.4 Å². The summed E-state index contributed by atoms with van der Waals surface area (Å²) >= 11 is 0. The first-order valence-electron chi connectivity index (χ1n) is 10.6. The molecular weight excluding hydrogens is 352 g/mol. The Kier molecular flexibility index (Phi) is 9.28. The van der Waals surface area contributed by atoms with Crippen LogP contribution in [-0.2, 0) is 0 Å². The lowest BCUT2D eigenvalue weighted by atomic mass is 9.94. The maximum atomic E-state index is 12.2. The van der Waals surface area contributed by atoms with Gasteiger partial charge in [-0.3, -0.25) is 0 Å². The molecule has 1 aliphatic heterocycles. The van der Waals surface area contributed by atoms with E-state index in [-0.39, 0.29) is 5.92 Å². The number of methoxy groups -OCH3 is 1. The van der Waals surface area contributed by atoms with Crippen LogP contribution in [0.15, 0.2) is 29.3 Å². The van der Waals surface area contributed by atoms with Gasteiger partial charge in [-0.1, -0.05) is 39.2 Å². The lowest BCUT2D eigenvalue weighted by Crippen LogP contribution is -2.42. The van der Waals surface area contributed by atoms with Crippen molar-refractivity contribution in [2.45, 2.75) is 52.4 Å². The largest absolute Gasteiger partial charge is 0.497 e. The molecule has 1 fully saturated rings. The quantitative estimate of drug-likeness (QED) is 0.482. The number of anilines is 1. The van der Waals surface area contributed by atoms with Crippen LogP contribution in [0.5, 0.6) is 5.75 Å². The second kappa shape index (κ2) is 11.7. The number of nitrogens with zero attached hydrogens (tertiary/aromatic N) is 2. The van der Waals surface area contributed by atoms with Crippen LogP contribution in [0, 0.1) is 11.8 Å². The Morgan fingerprint density at radius 2 is 2.21 bits per heavy atom. The highest BCUT2D eigenvalue weighted by atomic mass is 16.5. The summed E-state index contributed by atoms with van der Waals surface area (Å²) in [6, 6.07) is 6.77. The van der Waals surface area contributed by atoms with E-state index in [1.54, 1.807) is 19.2 Å². The highest BCUT2D eigenvalue weighted by Gasteiger charge is 2.23. The van der Waals surface area contributed by atoms with Crippen molar-refractivity contribution in [3.8, 4) is 5.75 Å². The lowest BCUT2D eigenvalue weighted by Gasteiger charge is -2.33. The van der Waals surface area contributed by atoms with Crippen LogP contribution in [0.2, 0.25) is 0 Å². The Morgan fingerprint density at radius 1 is 1.39 bits per heavy atom. The van der Waals surface area contributed by atoms with E-state index in [0.717, 1.165) is 38.4 Å². The molecule has 1 aliphatic rings. The Bertz CT molecular complexity index is 647. The number of aliphatic imine (C=N–C) groups is 1. The summed E-state index contributed by atoms with van der Waals surface area (Å²) < 4.78 is 5.17. The van der Waals surface area contributed by atoms with Crippen LogP contribution < -0.4 is 15.8 Å². The van der Waals surface area contributed by atoms with Crippen molar-refractivity contribution in [1.29, 1.82) is 0 Å². The van der Waals surface area contributed by atoms with Crippen LogP contribution in [-0.4, -0.2) is 43.5 Å². The molecule has 2 atom stereocenters. The van der Waals surface area contributed by atoms with Crippen LogP contribution in [0.3, 0.4) is 0 Å². The number of amidine groups is 1. The maximum absolute atomic E-state index is 12.2. The normalized spacial score (nSPS) is 19.2. The van der Waals surface area contributed by atoms with Gasteiger partial charge in [0.15, 0.2) is 0 Å². The number of nitrogens with one attached hydrogen (secondary N) is 1. The molecule has 1 aromatic rings. The summed E-state index contributed by atoms with van der Waals surface area (Å²) in [5, 5.41) is 2.76. The van der Waals surface area contributed by atoms with Gasteiger partial charge in [-0.25, -0.2) is 4.79 Å². The smallest absolute Gasteiger partial charge is 0.347 e. The standard InChI is InChI=1S/C22H36N4O2/c1-4-8-17(5-2)12-14-26-13-7-9-18(16-26)21(23)25-22(27)24-19-10-6-11-20(15-19)28-3/h6,10-11,15,17-18H,4-5,7-9,12-14,16H2,1-3H3,(H3,23,24,25,27). The number of carbonyl (C=O) groups excluding carboxylic acids is 1. The number of ether oxygens (including phenoxy) is 1. The molecule has 6 nitrogen and oxygen atoms in total. The summed E-state index contributed by atoms with van der Waals surface area (Å²) in [5.41, 5.74) is 6.83. The minimum atomic E-state index is -0.433. The van der Waals surface area contributed by atoms with Crippen LogP contribution >= 0.6 is 0 Å². The average Bonchev–Trinajstić information content (AvgIpc) is 2.71. The molecule has 2 amide bonds. The fourth-order valence-electron chi connectivity index (χ4n) is 3.89. The first-order valence-corrected chi connectivity index (χ1v) is 10.6. The minimum Gasteiger partial charge on any atom is -0.497 e. The number of hydrogen-bond acceptors (Lipinski definition) is 3. The maximum Gasteiger partial charge on any atom is 0.347 e. The van der Waals surface area contributed by atoms with E-state index >= 15 is 0 Å². The molecular formula is C22H36N4O2. The summed E-state index contributed by atoms with van der Waals surface area (Å²) in [5.74, 6) is 2.08. The molecule has 0 aliphatic carbocycles. The predicted octanol–water partition coefficient (Wildman–Crippen LogP) is 4.51. The summed E-state index contributed by atoms with van der Waals surface area (Å²) in [4.78, 5) is 18.8. The van der Waals surface area contributed by atoms with Gasteiger partial charge >= 0.3 is 6.03 Å². The van der Waals surface area contributed by atoms with Gasteiger partial charge in [0, 0.05) is 24.2 Å². The Labute approximate surface area is 169 Å². The second-order valence-electron chi connectivity index (χ2n) is 7.69. The van der Waals surface area contributed by atoms with Gasteiger partial charge in [0.1, 0.15) is 11.6 Å².